The van der Waals surface area contributed by atoms with Crippen LogP contribution in [0.25, 0.3) is 0 Å². The van der Waals surface area contributed by atoms with Gasteiger partial charge in [-0.3, -0.25) is 14.9 Å². The first-order valence-corrected chi connectivity index (χ1v) is 5.78. The Bertz CT molecular complexity index is 734. The third kappa shape index (κ3) is 3.06. The second kappa shape index (κ2) is 5.45. The maximum Gasteiger partial charge on any atom is 0.433 e. The van der Waals surface area contributed by atoms with Gasteiger partial charge in [-0.1, -0.05) is 6.07 Å². The van der Waals surface area contributed by atoms with Crippen LogP contribution in [0.2, 0.25) is 0 Å². The van der Waals surface area contributed by atoms with Crippen LogP contribution in [-0.4, -0.2) is 21.9 Å². The third-order valence-corrected chi connectivity index (χ3v) is 2.72. The molecule has 1 aromatic carbocycles. The van der Waals surface area contributed by atoms with E-state index in [0.29, 0.717) is 5.56 Å². The number of nitrogens with one attached hydrogen (secondary N) is 1. The molecule has 8 heteroatoms. The van der Waals surface area contributed by atoms with Gasteiger partial charge >= 0.3 is 11.9 Å². The Morgan fingerprint density at radius 2 is 2.00 bits per heavy atom. The van der Waals surface area contributed by atoms with Gasteiger partial charge in [0.15, 0.2) is 5.76 Å². The molecule has 0 fully saturated rings. The van der Waals surface area contributed by atoms with Crippen LogP contribution in [-0.2, 0) is 0 Å². The van der Waals surface area contributed by atoms with Crippen molar-refractivity contribution in [1.82, 2.24) is 0 Å². The summed E-state index contributed by atoms with van der Waals surface area (Å²) in [4.78, 5) is 32.6. The van der Waals surface area contributed by atoms with Crippen LogP contribution in [0.5, 0.6) is 0 Å². The molecule has 8 nitrogen and oxygen atoms in total. The molecule has 0 saturated carbocycles. The van der Waals surface area contributed by atoms with Crippen molar-refractivity contribution in [2.45, 2.75) is 6.92 Å². The number of furan rings is 1. The van der Waals surface area contributed by atoms with Gasteiger partial charge in [0, 0.05) is 5.69 Å². The molecule has 0 unspecified atom stereocenters. The minimum absolute atomic E-state index is 0.0539. The molecular weight excluding hydrogens is 280 g/mol. The summed E-state index contributed by atoms with van der Waals surface area (Å²) in [7, 11) is 0. The first-order valence-electron chi connectivity index (χ1n) is 5.78. The largest absolute Gasteiger partial charge is 0.478 e. The molecule has 0 aliphatic heterocycles. The van der Waals surface area contributed by atoms with Crippen molar-refractivity contribution in [3.63, 3.8) is 0 Å². The molecule has 0 radical (unpaired) electrons. The zero-order valence-electron chi connectivity index (χ0n) is 10.8. The number of carboxylic acid groups (broad SMARTS) is 1. The van der Waals surface area contributed by atoms with Crippen molar-refractivity contribution in [3.8, 4) is 0 Å². The quantitative estimate of drug-likeness (QED) is 0.658. The van der Waals surface area contributed by atoms with Crippen LogP contribution in [0, 0.1) is 17.0 Å². The van der Waals surface area contributed by atoms with E-state index in [4.69, 9.17) is 9.52 Å². The number of aromatic carboxylic acids is 1. The van der Waals surface area contributed by atoms with E-state index in [9.17, 15) is 19.7 Å². The van der Waals surface area contributed by atoms with Crippen LogP contribution in [0.15, 0.2) is 34.7 Å². The van der Waals surface area contributed by atoms with Gasteiger partial charge in [-0.05, 0) is 30.7 Å². The second-order valence-corrected chi connectivity index (χ2v) is 4.18. The molecule has 1 amide bonds. The standard InChI is InChI=1S/C13H10N2O6/c1-7-2-3-8(6-9(7)13(17)18)14-12(16)10-4-5-11(21-10)15(19)20/h2-6H,1H3,(H,14,16)(H,17,18). The first-order chi connectivity index (χ1) is 9.88. The van der Waals surface area contributed by atoms with Crippen molar-refractivity contribution in [2.75, 3.05) is 5.32 Å². The van der Waals surface area contributed by atoms with Crippen molar-refractivity contribution in [1.29, 1.82) is 0 Å². The number of hydrogen-bond donors (Lipinski definition) is 2. The van der Waals surface area contributed by atoms with E-state index in [-0.39, 0.29) is 17.0 Å². The fourth-order valence-electron chi connectivity index (χ4n) is 1.67. The summed E-state index contributed by atoms with van der Waals surface area (Å²) < 4.78 is 4.75. The molecule has 1 heterocycles. The van der Waals surface area contributed by atoms with E-state index < -0.39 is 22.7 Å². The lowest BCUT2D eigenvalue weighted by molar-refractivity contribution is -0.402. The lowest BCUT2D eigenvalue weighted by atomic mass is 10.1. The lowest BCUT2D eigenvalue weighted by Crippen LogP contribution is -2.12. The highest BCUT2D eigenvalue weighted by atomic mass is 16.6. The van der Waals surface area contributed by atoms with Crippen LogP contribution in [0.3, 0.4) is 0 Å². The molecule has 108 valence electrons. The molecule has 0 saturated heterocycles. The van der Waals surface area contributed by atoms with Gasteiger partial charge in [0.2, 0.25) is 0 Å². The molecular formula is C13H10N2O6. The van der Waals surface area contributed by atoms with Crippen LogP contribution in [0.4, 0.5) is 11.6 Å². The summed E-state index contributed by atoms with van der Waals surface area (Å²) >= 11 is 0. The Morgan fingerprint density at radius 1 is 1.29 bits per heavy atom. The number of carboxylic acids is 1. The number of anilines is 1. The Kier molecular flexibility index (Phi) is 3.70. The molecule has 0 atom stereocenters. The monoisotopic (exact) mass is 290 g/mol. The average molecular weight is 290 g/mol. The summed E-state index contributed by atoms with van der Waals surface area (Å²) in [5, 5.41) is 21.9. The number of rotatable bonds is 4. The number of carbonyl (C=O) groups excluding carboxylic acids is 1. The highest BCUT2D eigenvalue weighted by molar-refractivity contribution is 6.03. The van der Waals surface area contributed by atoms with Crippen molar-refractivity contribution >= 4 is 23.4 Å². The maximum absolute atomic E-state index is 11.8. The summed E-state index contributed by atoms with van der Waals surface area (Å²) in [6.45, 7) is 1.63. The number of carbonyl (C=O) groups is 2. The lowest BCUT2D eigenvalue weighted by Gasteiger charge is -2.06. The number of hydrogen-bond acceptors (Lipinski definition) is 5. The smallest absolute Gasteiger partial charge is 0.433 e. The molecule has 2 rings (SSSR count). The molecule has 2 N–H and O–H groups in total. The maximum atomic E-state index is 11.8. The molecule has 2 aromatic rings. The van der Waals surface area contributed by atoms with E-state index in [1.165, 1.54) is 18.2 Å². The van der Waals surface area contributed by atoms with Crippen molar-refractivity contribution in [2.24, 2.45) is 0 Å². The van der Waals surface area contributed by atoms with Crippen LogP contribution < -0.4 is 5.32 Å². The molecule has 0 aliphatic rings. The Labute approximate surface area is 118 Å². The number of nitrogens with zero attached hydrogens (tertiary/aromatic N) is 1. The van der Waals surface area contributed by atoms with E-state index in [0.717, 1.165) is 6.07 Å². The van der Waals surface area contributed by atoms with Gasteiger partial charge in [0.05, 0.1) is 11.6 Å². The van der Waals surface area contributed by atoms with Gasteiger partial charge < -0.3 is 14.8 Å². The molecule has 0 bridgehead atoms. The number of amides is 1. The zero-order chi connectivity index (χ0) is 15.6. The number of nitro groups is 1. The summed E-state index contributed by atoms with van der Waals surface area (Å²) in [6, 6.07) is 6.60. The van der Waals surface area contributed by atoms with Gasteiger partial charge in [-0.15, -0.1) is 0 Å². The van der Waals surface area contributed by atoms with E-state index in [2.05, 4.69) is 5.32 Å². The zero-order valence-corrected chi connectivity index (χ0v) is 10.8. The highest BCUT2D eigenvalue weighted by Gasteiger charge is 2.18. The SMILES string of the molecule is Cc1ccc(NC(=O)c2ccc([N+](=O)[O-])o2)cc1C(=O)O. The van der Waals surface area contributed by atoms with Crippen LogP contribution >= 0.6 is 0 Å². The summed E-state index contributed by atoms with van der Waals surface area (Å²) in [5.41, 5.74) is 0.856. The molecule has 0 spiro atoms. The van der Waals surface area contributed by atoms with E-state index >= 15 is 0 Å². The fourth-order valence-corrected chi connectivity index (χ4v) is 1.67. The van der Waals surface area contributed by atoms with Gasteiger partial charge in [0.1, 0.15) is 4.92 Å². The molecule has 21 heavy (non-hydrogen) atoms. The van der Waals surface area contributed by atoms with Crippen LogP contribution in [0.1, 0.15) is 26.5 Å². The number of aryl methyl sites for hydroxylation is 1. The van der Waals surface area contributed by atoms with Gasteiger partial charge in [-0.2, -0.15) is 0 Å². The van der Waals surface area contributed by atoms with E-state index in [1.807, 2.05) is 0 Å². The fraction of sp³-hybridized carbons (Fsp3) is 0.0769. The highest BCUT2D eigenvalue weighted by Crippen LogP contribution is 2.19. The van der Waals surface area contributed by atoms with Crippen molar-refractivity contribution < 1.29 is 24.0 Å². The topological polar surface area (TPSA) is 123 Å². The van der Waals surface area contributed by atoms with E-state index in [1.54, 1.807) is 13.0 Å². The Balaban J connectivity index is 2.21. The summed E-state index contributed by atoms with van der Waals surface area (Å²) in [6.07, 6.45) is 0. The minimum atomic E-state index is -1.11. The first kappa shape index (κ1) is 14.3. The minimum Gasteiger partial charge on any atom is -0.478 e. The second-order valence-electron chi connectivity index (χ2n) is 4.18. The predicted octanol–water partition coefficient (Wildman–Crippen LogP) is 2.45. The third-order valence-electron chi connectivity index (χ3n) is 2.72. The molecule has 0 aliphatic carbocycles. The molecule has 1 aromatic heterocycles. The number of benzene rings is 1. The normalized spacial score (nSPS) is 10.1. The van der Waals surface area contributed by atoms with Gasteiger partial charge in [-0.25, -0.2) is 4.79 Å². The predicted molar refractivity (Wildman–Crippen MR) is 71.5 cm³/mol. The van der Waals surface area contributed by atoms with Crippen molar-refractivity contribution in [3.05, 3.63) is 57.3 Å². The summed E-state index contributed by atoms with van der Waals surface area (Å²) in [5.74, 6) is -2.60. The Hall–Kier alpha value is -3.16. The average Bonchev–Trinajstić information content (AvgIpc) is 2.90. The Morgan fingerprint density at radius 3 is 2.57 bits per heavy atom. The van der Waals surface area contributed by atoms with Gasteiger partial charge in [0.25, 0.3) is 5.91 Å².